The van der Waals surface area contributed by atoms with E-state index in [2.05, 4.69) is 5.32 Å². The number of rotatable bonds is 4. The van der Waals surface area contributed by atoms with Gasteiger partial charge in [0.25, 0.3) is 0 Å². The summed E-state index contributed by atoms with van der Waals surface area (Å²) >= 11 is 6.60. The minimum Gasteiger partial charge on any atom is -0.444 e. The van der Waals surface area contributed by atoms with Crippen molar-refractivity contribution >= 4 is 35.0 Å². The van der Waals surface area contributed by atoms with E-state index in [1.807, 2.05) is 11.0 Å². The molecule has 0 bridgehead atoms. The van der Waals surface area contributed by atoms with Gasteiger partial charge in [-0.15, -0.1) is 0 Å². The van der Waals surface area contributed by atoms with Gasteiger partial charge in [0.05, 0.1) is 16.3 Å². The fraction of sp³-hybridized carbons (Fsp3) is 0.481. The summed E-state index contributed by atoms with van der Waals surface area (Å²) < 4.78 is 44.8. The molecule has 2 heterocycles. The third-order valence-corrected chi connectivity index (χ3v) is 6.73. The molecule has 0 aromatic heterocycles. The molecule has 2 aliphatic rings. The van der Waals surface area contributed by atoms with E-state index in [0.717, 1.165) is 36.2 Å². The van der Waals surface area contributed by atoms with Crippen LogP contribution in [0.1, 0.15) is 56.7 Å². The number of carbonyl (C=O) groups is 2. The molecule has 1 fully saturated rings. The van der Waals surface area contributed by atoms with Crippen molar-refractivity contribution in [3.8, 4) is 0 Å². The standard InChI is InChI=1S/C27H31ClF3N3O3/c1-26(2,3)37-25(36)34-11-5-4-9-22(34)24(35)32-20-14-18-10-12-33(23(18)21(28)15-20)16-17-7-6-8-19(13-17)27(29,30)31/h6-8,13-15,22H,4-5,9-12,16H2,1-3H3,(H,32,35)/t22-/m1/s1. The van der Waals surface area contributed by atoms with Crippen LogP contribution in [0.4, 0.5) is 29.3 Å². The molecular formula is C27H31ClF3N3O3. The Morgan fingerprint density at radius 1 is 1.11 bits per heavy atom. The molecule has 0 unspecified atom stereocenters. The van der Waals surface area contributed by atoms with Crippen LogP contribution in [0, 0.1) is 0 Å². The minimum absolute atomic E-state index is 0.287. The van der Waals surface area contributed by atoms with E-state index in [1.54, 1.807) is 32.9 Å². The van der Waals surface area contributed by atoms with Gasteiger partial charge in [-0.05, 0) is 81.8 Å². The zero-order valence-corrected chi connectivity index (χ0v) is 21.9. The lowest BCUT2D eigenvalue weighted by Gasteiger charge is -2.35. The highest BCUT2D eigenvalue weighted by molar-refractivity contribution is 6.34. The Bertz CT molecular complexity index is 1180. The molecule has 2 amide bonds. The Balaban J connectivity index is 1.48. The quantitative estimate of drug-likeness (QED) is 0.474. The molecule has 200 valence electrons. The molecule has 10 heteroatoms. The first-order valence-corrected chi connectivity index (χ1v) is 12.7. The second-order valence-corrected chi connectivity index (χ2v) is 10.9. The third kappa shape index (κ3) is 6.50. The lowest BCUT2D eigenvalue weighted by atomic mass is 10.0. The van der Waals surface area contributed by atoms with Crippen molar-refractivity contribution in [3.63, 3.8) is 0 Å². The molecule has 1 N–H and O–H groups in total. The largest absolute Gasteiger partial charge is 0.444 e. The van der Waals surface area contributed by atoms with Crippen LogP contribution in [0.5, 0.6) is 0 Å². The number of benzene rings is 2. The van der Waals surface area contributed by atoms with Crippen LogP contribution >= 0.6 is 11.6 Å². The summed E-state index contributed by atoms with van der Waals surface area (Å²) in [5.74, 6) is -0.305. The first-order chi connectivity index (χ1) is 17.3. The van der Waals surface area contributed by atoms with Crippen LogP contribution in [0.15, 0.2) is 36.4 Å². The third-order valence-electron chi connectivity index (χ3n) is 6.44. The van der Waals surface area contributed by atoms with Crippen LogP contribution < -0.4 is 10.2 Å². The molecule has 4 rings (SSSR count). The average Bonchev–Trinajstić information content (AvgIpc) is 3.20. The molecule has 0 spiro atoms. The lowest BCUT2D eigenvalue weighted by molar-refractivity contribution is -0.137. The highest BCUT2D eigenvalue weighted by atomic mass is 35.5. The number of fused-ring (bicyclic) bond motifs is 1. The van der Waals surface area contributed by atoms with Crippen LogP contribution in [0.2, 0.25) is 5.02 Å². The van der Waals surface area contributed by atoms with Gasteiger partial charge in [-0.2, -0.15) is 13.2 Å². The Kier molecular flexibility index (Phi) is 7.65. The van der Waals surface area contributed by atoms with Crippen molar-refractivity contribution < 1.29 is 27.5 Å². The Hall–Kier alpha value is -2.94. The number of likely N-dealkylation sites (tertiary alicyclic amines) is 1. The van der Waals surface area contributed by atoms with E-state index < -0.39 is 29.5 Å². The van der Waals surface area contributed by atoms with E-state index in [9.17, 15) is 22.8 Å². The van der Waals surface area contributed by atoms with Gasteiger partial charge in [-0.1, -0.05) is 23.7 Å². The summed E-state index contributed by atoms with van der Waals surface area (Å²) in [6.45, 7) is 6.68. The molecule has 2 aromatic carbocycles. The Morgan fingerprint density at radius 3 is 2.57 bits per heavy atom. The Labute approximate surface area is 219 Å². The minimum atomic E-state index is -4.40. The normalized spacial score (nSPS) is 18.0. The van der Waals surface area contributed by atoms with E-state index in [1.165, 1.54) is 11.0 Å². The van der Waals surface area contributed by atoms with Crippen molar-refractivity contribution in [1.29, 1.82) is 0 Å². The molecule has 0 saturated carbocycles. The fourth-order valence-electron chi connectivity index (χ4n) is 4.83. The Morgan fingerprint density at radius 2 is 1.86 bits per heavy atom. The van der Waals surface area contributed by atoms with Crippen LogP contribution in [-0.4, -0.2) is 41.6 Å². The monoisotopic (exact) mass is 537 g/mol. The SMILES string of the molecule is CC(C)(C)OC(=O)N1CCCC[C@@H]1C(=O)Nc1cc(Cl)c2c(c1)CCN2Cc1cccc(C(F)(F)F)c1. The van der Waals surface area contributed by atoms with Gasteiger partial charge >= 0.3 is 12.3 Å². The van der Waals surface area contributed by atoms with E-state index in [0.29, 0.717) is 42.2 Å². The molecule has 1 atom stereocenters. The zero-order valence-electron chi connectivity index (χ0n) is 21.1. The van der Waals surface area contributed by atoms with Crippen LogP contribution in [0.25, 0.3) is 0 Å². The van der Waals surface area contributed by atoms with Gasteiger partial charge in [-0.25, -0.2) is 4.79 Å². The van der Waals surface area contributed by atoms with Crippen molar-refractivity contribution in [2.24, 2.45) is 0 Å². The number of hydrogen-bond acceptors (Lipinski definition) is 4. The molecule has 37 heavy (non-hydrogen) atoms. The van der Waals surface area contributed by atoms with Gasteiger partial charge in [0, 0.05) is 25.3 Å². The predicted molar refractivity (Wildman–Crippen MR) is 137 cm³/mol. The van der Waals surface area contributed by atoms with Gasteiger partial charge in [0.1, 0.15) is 11.6 Å². The smallest absolute Gasteiger partial charge is 0.416 e. The molecule has 1 saturated heterocycles. The molecule has 2 aliphatic heterocycles. The van der Waals surface area contributed by atoms with Crippen molar-refractivity contribution in [2.75, 3.05) is 23.3 Å². The van der Waals surface area contributed by atoms with Crippen LogP contribution in [0.3, 0.4) is 0 Å². The van der Waals surface area contributed by atoms with Gasteiger partial charge in [-0.3, -0.25) is 9.69 Å². The highest BCUT2D eigenvalue weighted by Gasteiger charge is 2.35. The molecule has 2 aromatic rings. The number of amides is 2. The summed E-state index contributed by atoms with van der Waals surface area (Å²) in [6.07, 6.45) is -2.10. The maximum Gasteiger partial charge on any atom is 0.416 e. The second-order valence-electron chi connectivity index (χ2n) is 10.5. The number of halogens is 4. The summed E-state index contributed by atoms with van der Waals surface area (Å²) in [5.41, 5.74) is 1.37. The van der Waals surface area contributed by atoms with E-state index in [-0.39, 0.29) is 12.5 Å². The number of nitrogens with one attached hydrogen (secondary N) is 1. The summed E-state index contributed by atoms with van der Waals surface area (Å²) in [7, 11) is 0. The number of carbonyl (C=O) groups excluding carboxylic acids is 2. The van der Waals surface area contributed by atoms with Crippen molar-refractivity contribution in [3.05, 3.63) is 58.1 Å². The number of alkyl halides is 3. The average molecular weight is 538 g/mol. The lowest BCUT2D eigenvalue weighted by Crippen LogP contribution is -2.51. The summed E-state index contributed by atoms with van der Waals surface area (Å²) in [5, 5.41) is 3.31. The topological polar surface area (TPSA) is 61.9 Å². The van der Waals surface area contributed by atoms with E-state index >= 15 is 0 Å². The maximum absolute atomic E-state index is 13.2. The molecule has 0 aliphatic carbocycles. The number of piperidine rings is 1. The van der Waals surface area contributed by atoms with Crippen molar-refractivity contribution in [2.45, 2.75) is 70.8 Å². The molecular weight excluding hydrogens is 507 g/mol. The first kappa shape index (κ1) is 27.1. The predicted octanol–water partition coefficient (Wildman–Crippen LogP) is 6.65. The number of hydrogen-bond donors (Lipinski definition) is 1. The fourth-order valence-corrected chi connectivity index (χ4v) is 5.19. The highest BCUT2D eigenvalue weighted by Crippen LogP contribution is 2.39. The van der Waals surface area contributed by atoms with Crippen LogP contribution in [-0.2, 0) is 28.7 Å². The van der Waals surface area contributed by atoms with Gasteiger partial charge in [0.2, 0.25) is 5.91 Å². The summed E-state index contributed by atoms with van der Waals surface area (Å²) in [4.78, 5) is 29.3. The molecule has 0 radical (unpaired) electrons. The van der Waals surface area contributed by atoms with Gasteiger partial charge in [0.15, 0.2) is 0 Å². The number of ether oxygens (including phenoxy) is 1. The number of anilines is 2. The first-order valence-electron chi connectivity index (χ1n) is 12.4. The zero-order chi connectivity index (χ0) is 27.0. The van der Waals surface area contributed by atoms with Crippen molar-refractivity contribution in [1.82, 2.24) is 4.90 Å². The second kappa shape index (κ2) is 10.4. The number of nitrogens with zero attached hydrogens (tertiary/aromatic N) is 2. The molecule has 6 nitrogen and oxygen atoms in total. The maximum atomic E-state index is 13.2. The van der Waals surface area contributed by atoms with E-state index in [4.69, 9.17) is 16.3 Å². The van der Waals surface area contributed by atoms with Gasteiger partial charge < -0.3 is 15.0 Å². The summed E-state index contributed by atoms with van der Waals surface area (Å²) in [6, 6.07) is 8.11.